The molecule has 1 atom stereocenters. The van der Waals surface area contributed by atoms with Crippen LogP contribution >= 0.6 is 0 Å². The molecule has 20 heavy (non-hydrogen) atoms. The van der Waals surface area contributed by atoms with Gasteiger partial charge in [0.05, 0.1) is 5.60 Å². The molecule has 0 spiro atoms. The van der Waals surface area contributed by atoms with Crippen LogP contribution in [0.5, 0.6) is 0 Å². The van der Waals surface area contributed by atoms with E-state index in [1.807, 2.05) is 0 Å². The summed E-state index contributed by atoms with van der Waals surface area (Å²) >= 11 is 0. The van der Waals surface area contributed by atoms with Gasteiger partial charge in [-0.2, -0.15) is 0 Å². The molecule has 1 aromatic carbocycles. The fraction of sp³-hybridized carbons (Fsp3) is 0.667. The molecule has 0 radical (unpaired) electrons. The van der Waals surface area contributed by atoms with E-state index in [1.165, 1.54) is 11.1 Å². The van der Waals surface area contributed by atoms with E-state index in [4.69, 9.17) is 4.74 Å². The van der Waals surface area contributed by atoms with Crippen molar-refractivity contribution in [2.24, 2.45) is 0 Å². The van der Waals surface area contributed by atoms with Gasteiger partial charge in [0.25, 0.3) is 0 Å². The van der Waals surface area contributed by atoms with Gasteiger partial charge in [-0.25, -0.2) is 0 Å². The van der Waals surface area contributed by atoms with Gasteiger partial charge in [0, 0.05) is 19.2 Å². The Morgan fingerprint density at radius 1 is 1.20 bits per heavy atom. The maximum absolute atomic E-state index is 5.76. The summed E-state index contributed by atoms with van der Waals surface area (Å²) in [5.74, 6) is 0. The average Bonchev–Trinajstić information content (AvgIpc) is 2.35. The van der Waals surface area contributed by atoms with Crippen LogP contribution < -0.4 is 5.32 Å². The molecule has 1 aromatic rings. The largest absolute Gasteiger partial charge is 0.375 e. The molecule has 0 amide bonds. The molecule has 1 fully saturated rings. The minimum Gasteiger partial charge on any atom is -0.375 e. The van der Waals surface area contributed by atoms with Crippen molar-refractivity contribution in [3.8, 4) is 0 Å². The molecule has 1 heterocycles. The highest BCUT2D eigenvalue weighted by Crippen LogP contribution is 2.25. The Labute approximate surface area is 123 Å². The van der Waals surface area contributed by atoms with Crippen molar-refractivity contribution in [3.05, 3.63) is 35.4 Å². The fourth-order valence-electron chi connectivity index (χ4n) is 2.79. The topological polar surface area (TPSA) is 21.3 Å². The molecule has 1 saturated heterocycles. The predicted octanol–water partition coefficient (Wildman–Crippen LogP) is 4.03. The lowest BCUT2D eigenvalue weighted by molar-refractivity contribution is -0.0630. The first-order valence-electron chi connectivity index (χ1n) is 7.73. The van der Waals surface area contributed by atoms with E-state index >= 15 is 0 Å². The third kappa shape index (κ3) is 4.32. The normalized spacial score (nSPS) is 22.8. The van der Waals surface area contributed by atoms with Crippen molar-refractivity contribution >= 4 is 0 Å². The zero-order valence-electron chi connectivity index (χ0n) is 13.6. The second-order valence-corrected chi connectivity index (χ2v) is 7.63. The number of benzene rings is 1. The molecule has 1 aliphatic heterocycles. The summed E-state index contributed by atoms with van der Waals surface area (Å²) in [6.07, 6.45) is 2.20. The molecule has 0 aliphatic carbocycles. The second kappa shape index (κ2) is 5.87. The standard InChI is InChI=1S/C18H29NO/c1-17(2,3)15-8-6-14(7-9-15)13-19-16-10-11-20-18(4,5)12-16/h6-9,16,19H,10-13H2,1-5H3. The molecule has 1 unspecified atom stereocenters. The van der Waals surface area contributed by atoms with E-state index in [0.29, 0.717) is 6.04 Å². The first-order chi connectivity index (χ1) is 9.26. The minimum absolute atomic E-state index is 0.0199. The SMILES string of the molecule is CC1(C)CC(NCc2ccc(C(C)(C)C)cc2)CCO1. The zero-order chi connectivity index (χ0) is 14.8. The van der Waals surface area contributed by atoms with Crippen molar-refractivity contribution in [1.29, 1.82) is 0 Å². The Morgan fingerprint density at radius 2 is 1.85 bits per heavy atom. The van der Waals surface area contributed by atoms with Crippen molar-refractivity contribution in [2.75, 3.05) is 6.61 Å². The lowest BCUT2D eigenvalue weighted by Gasteiger charge is -2.36. The Bertz CT molecular complexity index is 428. The Morgan fingerprint density at radius 3 is 2.40 bits per heavy atom. The Balaban J connectivity index is 1.88. The smallest absolute Gasteiger partial charge is 0.0641 e. The fourth-order valence-corrected chi connectivity index (χ4v) is 2.79. The van der Waals surface area contributed by atoms with E-state index in [2.05, 4.69) is 64.2 Å². The van der Waals surface area contributed by atoms with Crippen LogP contribution in [0.25, 0.3) is 0 Å². The Hall–Kier alpha value is -0.860. The van der Waals surface area contributed by atoms with Crippen molar-refractivity contribution in [2.45, 2.75) is 71.1 Å². The van der Waals surface area contributed by atoms with Gasteiger partial charge in [0.2, 0.25) is 0 Å². The minimum atomic E-state index is 0.0199. The molecule has 2 heteroatoms. The molecule has 2 rings (SSSR count). The lowest BCUT2D eigenvalue weighted by Crippen LogP contribution is -2.43. The second-order valence-electron chi connectivity index (χ2n) is 7.63. The first-order valence-corrected chi connectivity index (χ1v) is 7.73. The number of nitrogens with one attached hydrogen (secondary N) is 1. The monoisotopic (exact) mass is 275 g/mol. The quantitative estimate of drug-likeness (QED) is 0.899. The van der Waals surface area contributed by atoms with Crippen molar-refractivity contribution < 1.29 is 4.74 Å². The van der Waals surface area contributed by atoms with E-state index < -0.39 is 0 Å². The summed E-state index contributed by atoms with van der Waals surface area (Å²) < 4.78 is 5.76. The van der Waals surface area contributed by atoms with Gasteiger partial charge in [-0.05, 0) is 43.2 Å². The number of ether oxygens (including phenoxy) is 1. The lowest BCUT2D eigenvalue weighted by atomic mass is 9.86. The van der Waals surface area contributed by atoms with Crippen LogP contribution in [0.2, 0.25) is 0 Å². The summed E-state index contributed by atoms with van der Waals surface area (Å²) in [6, 6.07) is 9.58. The summed E-state index contributed by atoms with van der Waals surface area (Å²) in [5.41, 5.74) is 3.01. The van der Waals surface area contributed by atoms with E-state index in [9.17, 15) is 0 Å². The van der Waals surface area contributed by atoms with Gasteiger partial charge in [0.15, 0.2) is 0 Å². The molecule has 0 saturated carbocycles. The molecule has 0 bridgehead atoms. The van der Waals surface area contributed by atoms with Crippen LogP contribution in [-0.2, 0) is 16.7 Å². The highest BCUT2D eigenvalue weighted by molar-refractivity contribution is 5.27. The molecule has 112 valence electrons. The summed E-state index contributed by atoms with van der Waals surface area (Å²) in [7, 11) is 0. The van der Waals surface area contributed by atoms with E-state index in [-0.39, 0.29) is 11.0 Å². The molecule has 1 aliphatic rings. The predicted molar refractivity (Wildman–Crippen MR) is 85.0 cm³/mol. The van der Waals surface area contributed by atoms with Crippen LogP contribution in [0.15, 0.2) is 24.3 Å². The van der Waals surface area contributed by atoms with Gasteiger partial charge in [-0.3, -0.25) is 0 Å². The number of hydrogen-bond acceptors (Lipinski definition) is 2. The first kappa shape index (κ1) is 15.5. The third-order valence-electron chi connectivity index (χ3n) is 4.11. The summed E-state index contributed by atoms with van der Waals surface area (Å²) in [5, 5.41) is 3.67. The van der Waals surface area contributed by atoms with Gasteiger partial charge in [-0.1, -0.05) is 45.0 Å². The maximum Gasteiger partial charge on any atom is 0.0641 e. The summed E-state index contributed by atoms with van der Waals surface area (Å²) in [4.78, 5) is 0. The highest BCUT2D eigenvalue weighted by atomic mass is 16.5. The van der Waals surface area contributed by atoms with Gasteiger partial charge >= 0.3 is 0 Å². The van der Waals surface area contributed by atoms with Gasteiger partial charge in [0.1, 0.15) is 0 Å². The molecule has 1 N–H and O–H groups in total. The van der Waals surface area contributed by atoms with Crippen molar-refractivity contribution in [3.63, 3.8) is 0 Å². The van der Waals surface area contributed by atoms with Crippen LogP contribution in [0.1, 0.15) is 58.6 Å². The van der Waals surface area contributed by atoms with Gasteiger partial charge in [-0.15, -0.1) is 0 Å². The Kier molecular flexibility index (Phi) is 4.55. The average molecular weight is 275 g/mol. The van der Waals surface area contributed by atoms with E-state index in [1.54, 1.807) is 0 Å². The number of rotatable bonds is 3. The summed E-state index contributed by atoms with van der Waals surface area (Å²) in [6.45, 7) is 12.9. The zero-order valence-corrected chi connectivity index (χ0v) is 13.6. The van der Waals surface area contributed by atoms with E-state index in [0.717, 1.165) is 26.0 Å². The molecule has 2 nitrogen and oxygen atoms in total. The third-order valence-corrected chi connectivity index (χ3v) is 4.11. The highest BCUT2D eigenvalue weighted by Gasteiger charge is 2.28. The number of hydrogen-bond donors (Lipinski definition) is 1. The van der Waals surface area contributed by atoms with Gasteiger partial charge < -0.3 is 10.1 Å². The molecular formula is C18H29NO. The van der Waals surface area contributed by atoms with Crippen LogP contribution in [0.4, 0.5) is 0 Å². The molecule has 0 aromatic heterocycles. The molecular weight excluding hydrogens is 246 g/mol. The maximum atomic E-state index is 5.76. The van der Waals surface area contributed by atoms with Crippen LogP contribution in [-0.4, -0.2) is 18.2 Å². The van der Waals surface area contributed by atoms with Crippen LogP contribution in [0, 0.1) is 0 Å². The van der Waals surface area contributed by atoms with Crippen molar-refractivity contribution in [1.82, 2.24) is 5.32 Å². The van der Waals surface area contributed by atoms with Crippen LogP contribution in [0.3, 0.4) is 0 Å².